The van der Waals surface area contributed by atoms with Crippen LogP contribution in [0.3, 0.4) is 0 Å². The van der Waals surface area contributed by atoms with Crippen molar-refractivity contribution in [1.82, 2.24) is 4.98 Å². The van der Waals surface area contributed by atoms with Crippen molar-refractivity contribution in [3.8, 4) is 5.75 Å². The molecule has 0 aliphatic heterocycles. The van der Waals surface area contributed by atoms with Crippen LogP contribution in [0.5, 0.6) is 5.75 Å². The largest absolute Gasteiger partial charge is 0.494 e. The molecule has 1 heterocycles. The predicted octanol–water partition coefficient (Wildman–Crippen LogP) is 2.74. The molecule has 0 amide bonds. The highest BCUT2D eigenvalue weighted by atomic mass is 32.1. The van der Waals surface area contributed by atoms with Gasteiger partial charge in [0.2, 0.25) is 0 Å². The van der Waals surface area contributed by atoms with Crippen LogP contribution in [0.25, 0.3) is 0 Å². The zero-order chi connectivity index (χ0) is 12.1. The number of nitrogens with zero attached hydrogens (tertiary/aromatic N) is 1. The first-order valence-corrected chi connectivity index (χ1v) is 6.31. The van der Waals surface area contributed by atoms with Gasteiger partial charge in [0, 0.05) is 35.1 Å². The van der Waals surface area contributed by atoms with Crippen molar-refractivity contribution >= 4 is 22.7 Å². The van der Waals surface area contributed by atoms with E-state index in [-0.39, 0.29) is 0 Å². The highest BCUT2D eigenvalue weighted by Gasteiger charge is 2.01. The summed E-state index contributed by atoms with van der Waals surface area (Å²) in [5.74, 6) is 0.786. The molecule has 0 unspecified atom stereocenters. The Morgan fingerprint density at radius 2 is 2.29 bits per heavy atom. The van der Waals surface area contributed by atoms with Gasteiger partial charge in [-0.2, -0.15) is 0 Å². The van der Waals surface area contributed by atoms with E-state index in [1.54, 1.807) is 17.5 Å². The number of hydrogen-bond acceptors (Lipinski definition) is 5. The van der Waals surface area contributed by atoms with E-state index in [9.17, 15) is 0 Å². The van der Waals surface area contributed by atoms with E-state index >= 15 is 0 Å². The van der Waals surface area contributed by atoms with Gasteiger partial charge in [0.05, 0.1) is 13.2 Å². The highest BCUT2D eigenvalue weighted by Crippen LogP contribution is 2.23. The number of ether oxygens (including phenoxy) is 1. The van der Waals surface area contributed by atoms with Crippen molar-refractivity contribution in [2.24, 2.45) is 0 Å². The minimum atomic E-state index is 0.634. The molecule has 0 atom stereocenters. The van der Waals surface area contributed by atoms with Crippen LogP contribution < -0.4 is 15.8 Å². The second-order valence-corrected chi connectivity index (χ2v) is 4.48. The monoisotopic (exact) mass is 249 g/mol. The van der Waals surface area contributed by atoms with E-state index in [2.05, 4.69) is 10.3 Å². The van der Waals surface area contributed by atoms with Gasteiger partial charge in [0.1, 0.15) is 10.8 Å². The van der Waals surface area contributed by atoms with Gasteiger partial charge in [0.15, 0.2) is 0 Å². The fourth-order valence-corrected chi connectivity index (χ4v) is 2.05. The summed E-state index contributed by atoms with van der Waals surface area (Å²) in [6.07, 6.45) is 1.80. The third-order valence-electron chi connectivity index (χ3n) is 2.17. The maximum atomic E-state index is 5.81. The van der Waals surface area contributed by atoms with Crippen LogP contribution in [0.4, 0.5) is 11.4 Å². The van der Waals surface area contributed by atoms with Crippen LogP contribution in [-0.4, -0.2) is 11.6 Å². The molecule has 3 N–H and O–H groups in total. The maximum absolute atomic E-state index is 5.81. The molecule has 0 radical (unpaired) electrons. The van der Waals surface area contributed by atoms with E-state index in [0.717, 1.165) is 16.4 Å². The van der Waals surface area contributed by atoms with E-state index < -0.39 is 0 Å². The number of benzene rings is 1. The summed E-state index contributed by atoms with van der Waals surface area (Å²) in [4.78, 5) is 4.21. The molecule has 2 aromatic rings. The molecule has 0 aliphatic carbocycles. The van der Waals surface area contributed by atoms with Gasteiger partial charge in [-0.15, -0.1) is 11.3 Å². The summed E-state index contributed by atoms with van der Waals surface area (Å²) in [7, 11) is 0. The van der Waals surface area contributed by atoms with Crippen LogP contribution in [-0.2, 0) is 6.54 Å². The molecular weight excluding hydrogens is 234 g/mol. The molecule has 90 valence electrons. The number of nitrogens with one attached hydrogen (secondary N) is 1. The fourth-order valence-electron chi connectivity index (χ4n) is 1.49. The summed E-state index contributed by atoms with van der Waals surface area (Å²) in [6.45, 7) is 3.29. The highest BCUT2D eigenvalue weighted by molar-refractivity contribution is 7.09. The lowest BCUT2D eigenvalue weighted by molar-refractivity contribution is 0.340. The summed E-state index contributed by atoms with van der Waals surface area (Å²) in [5.41, 5.74) is 7.45. The minimum absolute atomic E-state index is 0.634. The summed E-state index contributed by atoms with van der Waals surface area (Å²) in [6, 6.07) is 5.64. The van der Waals surface area contributed by atoms with Crippen molar-refractivity contribution in [3.05, 3.63) is 34.8 Å². The summed E-state index contributed by atoms with van der Waals surface area (Å²) >= 11 is 1.62. The molecule has 0 spiro atoms. The van der Waals surface area contributed by atoms with Crippen molar-refractivity contribution in [2.45, 2.75) is 13.5 Å². The van der Waals surface area contributed by atoms with Gasteiger partial charge >= 0.3 is 0 Å². The van der Waals surface area contributed by atoms with Gasteiger partial charge in [0.25, 0.3) is 0 Å². The Morgan fingerprint density at radius 3 is 3.00 bits per heavy atom. The molecule has 0 fully saturated rings. The Hall–Kier alpha value is -1.75. The first-order chi connectivity index (χ1) is 8.28. The van der Waals surface area contributed by atoms with Crippen molar-refractivity contribution in [3.63, 3.8) is 0 Å². The molecule has 0 bridgehead atoms. The zero-order valence-corrected chi connectivity index (χ0v) is 10.5. The Labute approximate surface area is 104 Å². The molecule has 1 aromatic heterocycles. The van der Waals surface area contributed by atoms with Gasteiger partial charge < -0.3 is 15.8 Å². The molecule has 0 aliphatic rings. The van der Waals surface area contributed by atoms with Crippen LogP contribution in [0.1, 0.15) is 11.9 Å². The topological polar surface area (TPSA) is 60.2 Å². The molecule has 4 nitrogen and oxygen atoms in total. The van der Waals surface area contributed by atoms with E-state index in [1.165, 1.54) is 0 Å². The SMILES string of the molecule is CCOc1cc(N)cc(NCc2nccs2)c1. The van der Waals surface area contributed by atoms with E-state index in [4.69, 9.17) is 10.5 Å². The number of nitrogens with two attached hydrogens (primary N) is 1. The van der Waals surface area contributed by atoms with Crippen LogP contribution >= 0.6 is 11.3 Å². The average Bonchev–Trinajstić information content (AvgIpc) is 2.79. The van der Waals surface area contributed by atoms with Gasteiger partial charge in [-0.3, -0.25) is 0 Å². The first kappa shape index (κ1) is 11.7. The molecule has 0 saturated carbocycles. The van der Waals surface area contributed by atoms with Crippen molar-refractivity contribution in [2.75, 3.05) is 17.7 Å². The Balaban J connectivity index is 2.04. The van der Waals surface area contributed by atoms with Gasteiger partial charge in [-0.25, -0.2) is 4.98 Å². The first-order valence-electron chi connectivity index (χ1n) is 5.43. The number of thiazole rings is 1. The number of nitrogen functional groups attached to an aromatic ring is 1. The van der Waals surface area contributed by atoms with Gasteiger partial charge in [-0.05, 0) is 13.0 Å². The molecule has 17 heavy (non-hydrogen) atoms. The molecule has 0 saturated heterocycles. The standard InChI is InChI=1S/C12H15N3OS/c1-2-16-11-6-9(13)5-10(7-11)15-8-12-14-3-4-17-12/h3-7,15H,2,8,13H2,1H3. The van der Waals surface area contributed by atoms with Crippen LogP contribution in [0, 0.1) is 0 Å². The van der Waals surface area contributed by atoms with E-state index in [1.807, 2.05) is 30.5 Å². The second-order valence-electron chi connectivity index (χ2n) is 3.50. The fraction of sp³-hybridized carbons (Fsp3) is 0.250. The number of hydrogen-bond donors (Lipinski definition) is 2. The number of anilines is 2. The third kappa shape index (κ3) is 3.35. The minimum Gasteiger partial charge on any atom is -0.494 e. The summed E-state index contributed by atoms with van der Waals surface area (Å²) < 4.78 is 5.43. The Morgan fingerprint density at radius 1 is 1.41 bits per heavy atom. The average molecular weight is 249 g/mol. The lowest BCUT2D eigenvalue weighted by Crippen LogP contribution is -2.01. The lowest BCUT2D eigenvalue weighted by atomic mass is 10.2. The quantitative estimate of drug-likeness (QED) is 0.800. The van der Waals surface area contributed by atoms with Gasteiger partial charge in [-0.1, -0.05) is 0 Å². The number of aromatic nitrogens is 1. The Kier molecular flexibility index (Phi) is 3.82. The molecule has 5 heteroatoms. The maximum Gasteiger partial charge on any atom is 0.123 e. The van der Waals surface area contributed by atoms with Crippen molar-refractivity contribution in [1.29, 1.82) is 0 Å². The number of rotatable bonds is 5. The van der Waals surface area contributed by atoms with Crippen LogP contribution in [0.15, 0.2) is 29.8 Å². The van der Waals surface area contributed by atoms with Crippen molar-refractivity contribution < 1.29 is 4.74 Å². The van der Waals surface area contributed by atoms with Crippen LogP contribution in [0.2, 0.25) is 0 Å². The molecular formula is C12H15N3OS. The third-order valence-corrected chi connectivity index (χ3v) is 2.95. The molecule has 2 rings (SSSR count). The lowest BCUT2D eigenvalue weighted by Gasteiger charge is -2.09. The second kappa shape index (κ2) is 5.54. The predicted molar refractivity (Wildman–Crippen MR) is 71.5 cm³/mol. The molecule has 1 aromatic carbocycles. The smallest absolute Gasteiger partial charge is 0.123 e. The zero-order valence-electron chi connectivity index (χ0n) is 9.64. The van der Waals surface area contributed by atoms with E-state index in [0.29, 0.717) is 18.8 Å². The normalized spacial score (nSPS) is 10.2. The summed E-state index contributed by atoms with van der Waals surface area (Å²) in [5, 5.41) is 6.28. The Bertz CT molecular complexity index is 471.